The Morgan fingerprint density at radius 1 is 1.33 bits per heavy atom. The summed E-state index contributed by atoms with van der Waals surface area (Å²) >= 11 is 6.02. The molecule has 30 heavy (non-hydrogen) atoms. The monoisotopic (exact) mass is 432 g/mol. The number of ether oxygens (including phenoxy) is 1. The number of rotatable bonds is 9. The Labute approximate surface area is 182 Å². The zero-order valence-electron chi connectivity index (χ0n) is 17.2. The number of hydrogen-bond donors (Lipinski definition) is 3. The van der Waals surface area contributed by atoms with E-state index in [2.05, 4.69) is 43.3 Å². The Hall–Kier alpha value is -2.29. The van der Waals surface area contributed by atoms with Crippen molar-refractivity contribution in [1.82, 2.24) is 26.1 Å². The lowest BCUT2D eigenvalue weighted by Gasteiger charge is -2.37. The Morgan fingerprint density at radius 2 is 2.17 bits per heavy atom. The molecule has 3 atom stereocenters. The molecular formula is C21H29ClN6O2. The van der Waals surface area contributed by atoms with E-state index in [9.17, 15) is 4.79 Å². The fraction of sp³-hybridized carbons (Fsp3) is 0.524. The molecule has 3 aliphatic heterocycles. The molecule has 1 aromatic rings. The third kappa shape index (κ3) is 4.71. The van der Waals surface area contributed by atoms with Crippen LogP contribution in [0, 0.1) is 0 Å². The van der Waals surface area contributed by atoms with Gasteiger partial charge in [-0.05, 0) is 37.5 Å². The van der Waals surface area contributed by atoms with Crippen LogP contribution in [0.4, 0.5) is 0 Å². The number of hydrogen-bond acceptors (Lipinski definition) is 7. The van der Waals surface area contributed by atoms with E-state index in [-0.39, 0.29) is 24.2 Å². The summed E-state index contributed by atoms with van der Waals surface area (Å²) in [4.78, 5) is 14.3. The van der Waals surface area contributed by atoms with Gasteiger partial charge in [-0.2, -0.15) is 5.10 Å². The van der Waals surface area contributed by atoms with E-state index in [1.54, 1.807) is 0 Å². The second-order valence-corrected chi connectivity index (χ2v) is 8.09. The second-order valence-electron chi connectivity index (χ2n) is 7.65. The van der Waals surface area contributed by atoms with Crippen molar-refractivity contribution in [2.24, 2.45) is 5.10 Å². The quantitative estimate of drug-likeness (QED) is 0.519. The van der Waals surface area contributed by atoms with E-state index in [1.165, 1.54) is 5.56 Å². The number of hydrazone groups is 1. The van der Waals surface area contributed by atoms with E-state index in [0.717, 1.165) is 23.7 Å². The van der Waals surface area contributed by atoms with Gasteiger partial charge in [0, 0.05) is 50.0 Å². The van der Waals surface area contributed by atoms with E-state index < -0.39 is 0 Å². The highest BCUT2D eigenvalue weighted by Crippen LogP contribution is 2.34. The molecule has 3 heterocycles. The minimum atomic E-state index is 0.0469. The number of benzene rings is 1. The molecular weight excluding hydrogens is 404 g/mol. The van der Waals surface area contributed by atoms with Gasteiger partial charge in [-0.3, -0.25) is 10.2 Å². The molecule has 3 aliphatic rings. The predicted octanol–water partition coefficient (Wildman–Crippen LogP) is 2.31. The van der Waals surface area contributed by atoms with Gasteiger partial charge in [-0.25, -0.2) is 5.43 Å². The van der Waals surface area contributed by atoms with Crippen LogP contribution in [0.2, 0.25) is 5.02 Å². The van der Waals surface area contributed by atoms with E-state index in [0.29, 0.717) is 32.6 Å². The summed E-state index contributed by atoms with van der Waals surface area (Å²) in [5.41, 5.74) is 8.03. The molecule has 1 saturated heterocycles. The molecule has 0 aliphatic carbocycles. The smallest absolute Gasteiger partial charge is 0.220 e. The second kappa shape index (κ2) is 9.68. The fourth-order valence-electron chi connectivity index (χ4n) is 4.08. The van der Waals surface area contributed by atoms with Crippen LogP contribution in [0.3, 0.4) is 0 Å². The first-order valence-electron chi connectivity index (χ1n) is 10.6. The first kappa shape index (κ1) is 21.0. The van der Waals surface area contributed by atoms with Gasteiger partial charge < -0.3 is 20.0 Å². The minimum Gasteiger partial charge on any atom is -0.382 e. The van der Waals surface area contributed by atoms with Gasteiger partial charge in [0.25, 0.3) is 0 Å². The first-order valence-corrected chi connectivity index (χ1v) is 11.0. The summed E-state index contributed by atoms with van der Waals surface area (Å²) in [5.74, 6) is 0.945. The molecule has 3 unspecified atom stereocenters. The number of carbonyl (C=O) groups is 1. The van der Waals surface area contributed by atoms with Crippen LogP contribution in [0.25, 0.3) is 0 Å². The number of hydrazine groups is 1. The Bertz CT molecular complexity index is 799. The SMILES string of the molecule is CCOCCCNC(=O)CCC1=NNC2C3CC(c4ccc(Cl)cc4)NN3C=CN12. The molecule has 0 saturated carbocycles. The Balaban J connectivity index is 1.26. The van der Waals surface area contributed by atoms with Crippen LogP contribution in [-0.4, -0.2) is 53.6 Å². The number of halogens is 1. The van der Waals surface area contributed by atoms with Crippen molar-refractivity contribution in [3.63, 3.8) is 0 Å². The molecule has 162 valence electrons. The number of carbonyl (C=O) groups excluding carboxylic acids is 1. The Morgan fingerprint density at radius 3 is 2.97 bits per heavy atom. The Kier molecular flexibility index (Phi) is 6.76. The summed E-state index contributed by atoms with van der Waals surface area (Å²) in [6.45, 7) is 4.00. The van der Waals surface area contributed by atoms with Crippen LogP contribution in [0.15, 0.2) is 41.8 Å². The number of fused-ring (bicyclic) bond motifs is 3. The van der Waals surface area contributed by atoms with Gasteiger partial charge in [0.05, 0.1) is 12.1 Å². The van der Waals surface area contributed by atoms with Crippen molar-refractivity contribution in [2.45, 2.75) is 50.9 Å². The van der Waals surface area contributed by atoms with Crippen LogP contribution < -0.4 is 16.2 Å². The van der Waals surface area contributed by atoms with Gasteiger partial charge in [-0.1, -0.05) is 23.7 Å². The summed E-state index contributed by atoms with van der Waals surface area (Å²) in [7, 11) is 0. The molecule has 0 radical (unpaired) electrons. The zero-order chi connectivity index (χ0) is 20.9. The number of amides is 1. The normalized spacial score (nSPS) is 24.3. The van der Waals surface area contributed by atoms with Gasteiger partial charge in [0.2, 0.25) is 5.91 Å². The van der Waals surface area contributed by atoms with E-state index in [4.69, 9.17) is 16.3 Å². The fourth-order valence-corrected chi connectivity index (χ4v) is 4.21. The lowest BCUT2D eigenvalue weighted by molar-refractivity contribution is -0.121. The molecule has 3 N–H and O–H groups in total. The molecule has 8 nitrogen and oxygen atoms in total. The van der Waals surface area contributed by atoms with Crippen LogP contribution in [0.1, 0.15) is 44.2 Å². The minimum absolute atomic E-state index is 0.0469. The first-order chi connectivity index (χ1) is 14.7. The lowest BCUT2D eigenvalue weighted by Crippen LogP contribution is -2.54. The summed E-state index contributed by atoms with van der Waals surface area (Å²) in [6.07, 6.45) is 6.94. The zero-order valence-corrected chi connectivity index (χ0v) is 17.9. The van der Waals surface area contributed by atoms with Crippen molar-refractivity contribution in [1.29, 1.82) is 0 Å². The number of amidine groups is 1. The topological polar surface area (TPSA) is 81.2 Å². The third-order valence-electron chi connectivity index (χ3n) is 5.66. The summed E-state index contributed by atoms with van der Waals surface area (Å²) < 4.78 is 5.28. The van der Waals surface area contributed by atoms with E-state index >= 15 is 0 Å². The van der Waals surface area contributed by atoms with Crippen molar-refractivity contribution < 1.29 is 9.53 Å². The highest BCUT2D eigenvalue weighted by atomic mass is 35.5. The average molecular weight is 433 g/mol. The molecule has 1 amide bonds. The predicted molar refractivity (Wildman–Crippen MR) is 116 cm³/mol. The number of nitrogens with one attached hydrogen (secondary N) is 3. The highest BCUT2D eigenvalue weighted by Gasteiger charge is 2.44. The molecule has 1 aromatic carbocycles. The molecule has 9 heteroatoms. The van der Waals surface area contributed by atoms with Gasteiger partial charge in [0.15, 0.2) is 0 Å². The third-order valence-corrected chi connectivity index (χ3v) is 5.91. The van der Waals surface area contributed by atoms with Crippen LogP contribution >= 0.6 is 11.6 Å². The molecule has 0 bridgehead atoms. The van der Waals surface area contributed by atoms with Crippen molar-refractivity contribution in [3.05, 3.63) is 47.3 Å². The lowest BCUT2D eigenvalue weighted by atomic mass is 9.99. The van der Waals surface area contributed by atoms with Crippen LogP contribution in [0.5, 0.6) is 0 Å². The highest BCUT2D eigenvalue weighted by molar-refractivity contribution is 6.30. The average Bonchev–Trinajstić information content (AvgIpc) is 3.36. The van der Waals surface area contributed by atoms with Crippen LogP contribution in [-0.2, 0) is 9.53 Å². The maximum atomic E-state index is 12.1. The maximum Gasteiger partial charge on any atom is 0.220 e. The standard InChI is InChI=1S/C21H29ClN6O2/c1-2-30-13-3-10-23-20(29)9-8-19-24-25-21-18-14-17(15-4-6-16(22)7-5-15)26-28(18)12-11-27(19)21/h4-7,11-12,17-18,21,25-26H,2-3,8-10,13-14H2,1H3,(H,23,29). The largest absolute Gasteiger partial charge is 0.382 e. The van der Waals surface area contributed by atoms with Crippen molar-refractivity contribution in [3.8, 4) is 0 Å². The molecule has 0 aromatic heterocycles. The number of nitrogens with zero attached hydrogens (tertiary/aromatic N) is 3. The van der Waals surface area contributed by atoms with Gasteiger partial charge in [0.1, 0.15) is 12.0 Å². The van der Waals surface area contributed by atoms with Gasteiger partial charge in [-0.15, -0.1) is 0 Å². The maximum absolute atomic E-state index is 12.1. The molecule has 0 spiro atoms. The van der Waals surface area contributed by atoms with Gasteiger partial charge >= 0.3 is 0 Å². The van der Waals surface area contributed by atoms with E-state index in [1.807, 2.05) is 31.5 Å². The van der Waals surface area contributed by atoms with Crippen molar-refractivity contribution in [2.75, 3.05) is 19.8 Å². The molecule has 1 fully saturated rings. The van der Waals surface area contributed by atoms with Crippen molar-refractivity contribution >= 4 is 23.3 Å². The summed E-state index contributed by atoms with van der Waals surface area (Å²) in [6, 6.07) is 8.45. The summed E-state index contributed by atoms with van der Waals surface area (Å²) in [5, 5.41) is 10.4. The molecule has 4 rings (SSSR count).